The van der Waals surface area contributed by atoms with Gasteiger partial charge in [-0.05, 0) is 27.7 Å². The molecule has 1 heterocycles. The van der Waals surface area contributed by atoms with Gasteiger partial charge < -0.3 is 19.7 Å². The van der Waals surface area contributed by atoms with E-state index in [0.29, 0.717) is 0 Å². The van der Waals surface area contributed by atoms with E-state index >= 15 is 0 Å². The largest absolute Gasteiger partial charge is 0.364 e. The first-order chi connectivity index (χ1) is 5.26. The average molecular weight is 176 g/mol. The topological polar surface area (TPSA) is 58.9 Å². The zero-order valence-corrected chi connectivity index (χ0v) is 7.87. The summed E-state index contributed by atoms with van der Waals surface area (Å²) in [5.41, 5.74) is 0. The normalized spacial score (nSPS) is 55.5. The molecule has 4 heteroatoms. The molecule has 0 aromatic carbocycles. The predicted molar refractivity (Wildman–Crippen MR) is 42.3 cm³/mol. The monoisotopic (exact) mass is 176 g/mol. The summed E-state index contributed by atoms with van der Waals surface area (Å²) in [6.45, 7) is 6.34. The van der Waals surface area contributed by atoms with Crippen LogP contribution >= 0.6 is 0 Å². The smallest absolute Gasteiger partial charge is 0.189 e. The highest BCUT2D eigenvalue weighted by atomic mass is 16.7. The number of rotatable bonds is 0. The minimum atomic E-state index is -1.32. The van der Waals surface area contributed by atoms with E-state index in [4.69, 9.17) is 9.47 Å². The van der Waals surface area contributed by atoms with Crippen LogP contribution in [0.3, 0.4) is 0 Å². The quantitative estimate of drug-likeness (QED) is 0.554. The fourth-order valence-electron chi connectivity index (χ4n) is 1.13. The maximum atomic E-state index is 9.59. The van der Waals surface area contributed by atoms with Crippen molar-refractivity contribution in [1.82, 2.24) is 0 Å². The van der Waals surface area contributed by atoms with Gasteiger partial charge in [0.1, 0.15) is 12.2 Å². The Morgan fingerprint density at radius 3 is 1.42 bits per heavy atom. The van der Waals surface area contributed by atoms with Crippen molar-refractivity contribution in [1.29, 1.82) is 0 Å². The second kappa shape index (κ2) is 2.67. The third-order valence-electron chi connectivity index (χ3n) is 2.34. The average Bonchev–Trinajstić information content (AvgIpc) is 1.82. The van der Waals surface area contributed by atoms with Gasteiger partial charge in [0, 0.05) is 0 Å². The van der Waals surface area contributed by atoms with Crippen LogP contribution in [0.15, 0.2) is 0 Å². The predicted octanol–water partition coefficient (Wildman–Crippen LogP) is 0.227. The molecule has 1 fully saturated rings. The van der Waals surface area contributed by atoms with Gasteiger partial charge in [-0.15, -0.1) is 0 Å². The zero-order valence-electron chi connectivity index (χ0n) is 7.87. The van der Waals surface area contributed by atoms with Crippen molar-refractivity contribution in [3.05, 3.63) is 0 Å². The third-order valence-corrected chi connectivity index (χ3v) is 2.34. The van der Waals surface area contributed by atoms with Crippen molar-refractivity contribution in [3.8, 4) is 0 Å². The molecule has 12 heavy (non-hydrogen) atoms. The molecule has 0 amide bonds. The summed E-state index contributed by atoms with van der Waals surface area (Å²) in [4.78, 5) is 0. The molecule has 0 aliphatic carbocycles. The van der Waals surface area contributed by atoms with E-state index in [0.717, 1.165) is 0 Å². The molecule has 0 aromatic rings. The summed E-state index contributed by atoms with van der Waals surface area (Å²) in [7, 11) is 0. The minimum absolute atomic E-state index is 0.538. The van der Waals surface area contributed by atoms with Crippen molar-refractivity contribution < 1.29 is 19.7 Å². The van der Waals surface area contributed by atoms with Crippen LogP contribution in [0.5, 0.6) is 0 Å². The second-order valence-corrected chi connectivity index (χ2v) is 3.63. The Hall–Kier alpha value is -0.160. The molecule has 0 saturated carbocycles. The van der Waals surface area contributed by atoms with Crippen molar-refractivity contribution in [3.63, 3.8) is 0 Å². The molecule has 4 nitrogen and oxygen atoms in total. The molecular formula is C8H16O4. The van der Waals surface area contributed by atoms with Crippen molar-refractivity contribution in [2.45, 2.75) is 51.5 Å². The Bertz CT molecular complexity index is 156. The van der Waals surface area contributed by atoms with Gasteiger partial charge in [0.2, 0.25) is 0 Å². The van der Waals surface area contributed by atoms with Gasteiger partial charge in [0.25, 0.3) is 0 Å². The molecule has 1 aliphatic rings. The Kier molecular flexibility index (Phi) is 2.21. The standard InChI is InChI=1S/C8H16O4/c1-5-7(3,9)12-6(2)8(4,10)11-5/h5-6,9-10H,1-4H3/t5-,6+,7-,8-/m0/s1. The van der Waals surface area contributed by atoms with Crippen LogP contribution < -0.4 is 0 Å². The van der Waals surface area contributed by atoms with Crippen LogP contribution in [0, 0.1) is 0 Å². The third kappa shape index (κ3) is 1.61. The van der Waals surface area contributed by atoms with Gasteiger partial charge in [-0.25, -0.2) is 0 Å². The summed E-state index contributed by atoms with van der Waals surface area (Å²) in [6.07, 6.45) is -1.08. The van der Waals surface area contributed by atoms with Gasteiger partial charge in [0.05, 0.1) is 0 Å². The van der Waals surface area contributed by atoms with Crippen molar-refractivity contribution >= 4 is 0 Å². The first-order valence-corrected chi connectivity index (χ1v) is 4.06. The molecule has 1 saturated heterocycles. The van der Waals surface area contributed by atoms with Gasteiger partial charge in [-0.1, -0.05) is 0 Å². The Labute approximate surface area is 72.1 Å². The molecule has 4 atom stereocenters. The van der Waals surface area contributed by atoms with Gasteiger partial charge in [-0.3, -0.25) is 0 Å². The fourth-order valence-corrected chi connectivity index (χ4v) is 1.13. The van der Waals surface area contributed by atoms with Gasteiger partial charge in [0.15, 0.2) is 11.6 Å². The molecule has 1 aliphatic heterocycles. The highest BCUT2D eigenvalue weighted by Crippen LogP contribution is 2.31. The van der Waals surface area contributed by atoms with E-state index in [1.807, 2.05) is 0 Å². The number of hydrogen-bond acceptors (Lipinski definition) is 4. The van der Waals surface area contributed by atoms with Crippen LogP contribution in [-0.2, 0) is 9.47 Å². The number of aliphatic hydroxyl groups is 2. The summed E-state index contributed by atoms with van der Waals surface area (Å²) < 4.78 is 10.4. The minimum Gasteiger partial charge on any atom is -0.364 e. The highest BCUT2D eigenvalue weighted by Gasteiger charge is 2.47. The summed E-state index contributed by atoms with van der Waals surface area (Å²) >= 11 is 0. The lowest BCUT2D eigenvalue weighted by Crippen LogP contribution is -2.59. The van der Waals surface area contributed by atoms with Crippen LogP contribution in [0.4, 0.5) is 0 Å². The van der Waals surface area contributed by atoms with Crippen LogP contribution in [-0.4, -0.2) is 34.0 Å². The lowest BCUT2D eigenvalue weighted by molar-refractivity contribution is -0.406. The molecule has 0 unspecified atom stereocenters. The lowest BCUT2D eigenvalue weighted by Gasteiger charge is -2.46. The SMILES string of the molecule is C[C@@H]1O[C@](C)(O)[C@@H](C)O[C@]1(C)O. The zero-order chi connectivity index (χ0) is 9.57. The molecule has 0 spiro atoms. The van der Waals surface area contributed by atoms with Gasteiger partial charge >= 0.3 is 0 Å². The van der Waals surface area contributed by atoms with Crippen molar-refractivity contribution in [2.75, 3.05) is 0 Å². The Morgan fingerprint density at radius 2 is 1.17 bits per heavy atom. The van der Waals surface area contributed by atoms with E-state index in [9.17, 15) is 10.2 Å². The maximum Gasteiger partial charge on any atom is 0.189 e. The van der Waals surface area contributed by atoms with Gasteiger partial charge in [-0.2, -0.15) is 0 Å². The summed E-state index contributed by atoms with van der Waals surface area (Å²) in [5, 5.41) is 19.2. The Morgan fingerprint density at radius 1 is 0.917 bits per heavy atom. The van der Waals surface area contributed by atoms with E-state index in [1.165, 1.54) is 13.8 Å². The van der Waals surface area contributed by atoms with Crippen LogP contribution in [0.25, 0.3) is 0 Å². The van der Waals surface area contributed by atoms with Crippen LogP contribution in [0.1, 0.15) is 27.7 Å². The van der Waals surface area contributed by atoms with Crippen LogP contribution in [0.2, 0.25) is 0 Å². The summed E-state index contributed by atoms with van der Waals surface area (Å²) in [6, 6.07) is 0. The first-order valence-electron chi connectivity index (χ1n) is 4.06. The molecule has 0 aromatic heterocycles. The molecular weight excluding hydrogens is 160 g/mol. The summed E-state index contributed by atoms with van der Waals surface area (Å²) in [5.74, 6) is -2.64. The van der Waals surface area contributed by atoms with E-state index in [2.05, 4.69) is 0 Å². The molecule has 72 valence electrons. The van der Waals surface area contributed by atoms with E-state index in [-0.39, 0.29) is 0 Å². The molecule has 0 bridgehead atoms. The number of hydrogen-bond donors (Lipinski definition) is 2. The Balaban J connectivity index is 2.76. The highest BCUT2D eigenvalue weighted by molar-refractivity contribution is 4.83. The fraction of sp³-hybridized carbons (Fsp3) is 1.00. The van der Waals surface area contributed by atoms with E-state index < -0.39 is 23.8 Å². The maximum absolute atomic E-state index is 9.59. The molecule has 1 rings (SSSR count). The second-order valence-electron chi connectivity index (χ2n) is 3.63. The lowest BCUT2D eigenvalue weighted by atomic mass is 10.1. The van der Waals surface area contributed by atoms with E-state index in [1.54, 1.807) is 13.8 Å². The van der Waals surface area contributed by atoms with Crippen molar-refractivity contribution in [2.24, 2.45) is 0 Å². The number of ether oxygens (including phenoxy) is 2. The molecule has 0 radical (unpaired) electrons. The first kappa shape index (κ1) is 9.92. The molecule has 2 N–H and O–H groups in total.